The number of hydrogen-bond donors (Lipinski definition) is 1. The maximum Gasteiger partial charge on any atom is 0.234 e. The van der Waals surface area contributed by atoms with Crippen molar-refractivity contribution in [3.63, 3.8) is 0 Å². The number of carbonyl (C=O) groups is 2. The van der Waals surface area contributed by atoms with E-state index in [0.717, 1.165) is 14.6 Å². The molecular weight excluding hydrogens is 332 g/mol. The lowest BCUT2D eigenvalue weighted by Crippen LogP contribution is -2.22. The number of nitrogens with zero attached hydrogens (tertiary/aromatic N) is 1. The minimum atomic E-state index is -1.24. The summed E-state index contributed by atoms with van der Waals surface area (Å²) in [7, 11) is 0. The summed E-state index contributed by atoms with van der Waals surface area (Å²) < 4.78 is 1.93. The van der Waals surface area contributed by atoms with Crippen molar-refractivity contribution in [1.29, 1.82) is 0 Å². The number of amides is 1. The molecule has 5 nitrogen and oxygen atoms in total. The molecule has 1 amide bonds. The highest BCUT2D eigenvalue weighted by Gasteiger charge is 2.08. The molecule has 2 aromatic carbocycles. The number of carbonyl (C=O) groups excluding carboxylic acids is 2. The molecule has 0 aliphatic rings. The van der Waals surface area contributed by atoms with Gasteiger partial charge in [0.15, 0.2) is 4.34 Å². The Hall–Kier alpha value is -2.38. The molecular formula is C16H11N2O3S2-. The molecule has 3 rings (SSSR count). The quantitative estimate of drug-likeness (QED) is 0.719. The van der Waals surface area contributed by atoms with Gasteiger partial charge in [-0.05, 0) is 29.8 Å². The van der Waals surface area contributed by atoms with Crippen LogP contribution in [0.5, 0.6) is 0 Å². The number of hydrogen-bond acceptors (Lipinski definition) is 6. The summed E-state index contributed by atoms with van der Waals surface area (Å²) in [5, 5.41) is 13.4. The molecule has 0 saturated heterocycles. The van der Waals surface area contributed by atoms with Crippen LogP contribution in [0.2, 0.25) is 0 Å². The molecule has 116 valence electrons. The Morgan fingerprint density at radius 2 is 1.87 bits per heavy atom. The van der Waals surface area contributed by atoms with E-state index in [4.69, 9.17) is 0 Å². The van der Waals surface area contributed by atoms with E-state index in [9.17, 15) is 14.7 Å². The number of thiazole rings is 1. The minimum Gasteiger partial charge on any atom is -0.545 e. The van der Waals surface area contributed by atoms with Gasteiger partial charge in [-0.2, -0.15) is 0 Å². The van der Waals surface area contributed by atoms with Gasteiger partial charge in [0.05, 0.1) is 21.9 Å². The molecule has 1 N–H and O–H groups in total. The van der Waals surface area contributed by atoms with Crippen LogP contribution in [0.15, 0.2) is 52.9 Å². The molecule has 0 bridgehead atoms. The Morgan fingerprint density at radius 1 is 1.13 bits per heavy atom. The predicted octanol–water partition coefficient (Wildman–Crippen LogP) is 2.39. The van der Waals surface area contributed by atoms with Crippen LogP contribution < -0.4 is 10.4 Å². The Bertz CT molecular complexity index is 826. The molecule has 1 aromatic heterocycles. The zero-order valence-corrected chi connectivity index (χ0v) is 13.4. The molecule has 0 unspecified atom stereocenters. The van der Waals surface area contributed by atoms with Crippen molar-refractivity contribution >= 4 is 50.9 Å². The van der Waals surface area contributed by atoms with Crippen molar-refractivity contribution in [2.24, 2.45) is 0 Å². The molecule has 0 aliphatic carbocycles. The first-order chi connectivity index (χ1) is 11.1. The number of thioether (sulfide) groups is 1. The van der Waals surface area contributed by atoms with Crippen LogP contribution >= 0.6 is 23.1 Å². The van der Waals surface area contributed by atoms with Gasteiger partial charge in [-0.25, -0.2) is 4.98 Å². The zero-order chi connectivity index (χ0) is 16.2. The van der Waals surface area contributed by atoms with Crippen LogP contribution in [-0.4, -0.2) is 22.6 Å². The van der Waals surface area contributed by atoms with E-state index in [-0.39, 0.29) is 17.2 Å². The van der Waals surface area contributed by atoms with Crippen LogP contribution in [0.4, 0.5) is 5.69 Å². The van der Waals surface area contributed by atoms with Crippen LogP contribution in [0.3, 0.4) is 0 Å². The van der Waals surface area contributed by atoms with Gasteiger partial charge in [0, 0.05) is 5.69 Å². The third-order valence-corrected chi connectivity index (χ3v) is 5.18. The highest BCUT2D eigenvalue weighted by atomic mass is 32.2. The Morgan fingerprint density at radius 3 is 2.57 bits per heavy atom. The average molecular weight is 343 g/mol. The summed E-state index contributed by atoms with van der Waals surface area (Å²) in [6.07, 6.45) is 0. The lowest BCUT2D eigenvalue weighted by atomic mass is 10.2. The number of anilines is 1. The minimum absolute atomic E-state index is 0.0758. The van der Waals surface area contributed by atoms with Crippen molar-refractivity contribution in [3.8, 4) is 0 Å². The van der Waals surface area contributed by atoms with Crippen molar-refractivity contribution in [2.75, 3.05) is 11.1 Å². The Balaban J connectivity index is 1.57. The van der Waals surface area contributed by atoms with Crippen LogP contribution in [0.25, 0.3) is 10.2 Å². The van der Waals surface area contributed by atoms with Gasteiger partial charge in [0.25, 0.3) is 0 Å². The summed E-state index contributed by atoms with van der Waals surface area (Å²) in [5.74, 6) is -1.17. The summed E-state index contributed by atoms with van der Waals surface area (Å²) >= 11 is 2.92. The molecule has 0 atom stereocenters. The van der Waals surface area contributed by atoms with Gasteiger partial charge in [-0.3, -0.25) is 4.79 Å². The first-order valence-corrected chi connectivity index (χ1v) is 8.51. The number of rotatable bonds is 5. The number of nitrogens with one attached hydrogen (secondary N) is 1. The van der Waals surface area contributed by atoms with Gasteiger partial charge in [0.1, 0.15) is 0 Å². The van der Waals surface area contributed by atoms with E-state index in [1.165, 1.54) is 36.0 Å². The summed E-state index contributed by atoms with van der Waals surface area (Å²) in [6.45, 7) is 0. The number of benzene rings is 2. The number of fused-ring (bicyclic) bond motifs is 1. The number of aromatic carboxylic acids is 1. The van der Waals surface area contributed by atoms with Gasteiger partial charge in [0.2, 0.25) is 5.91 Å². The number of carboxylic acids is 1. The first kappa shape index (κ1) is 15.5. The second-order valence-corrected chi connectivity index (χ2v) is 6.90. The largest absolute Gasteiger partial charge is 0.545 e. The van der Waals surface area contributed by atoms with Gasteiger partial charge >= 0.3 is 0 Å². The van der Waals surface area contributed by atoms with Crippen molar-refractivity contribution in [3.05, 3.63) is 54.1 Å². The van der Waals surface area contributed by atoms with Gasteiger partial charge in [-0.15, -0.1) is 11.3 Å². The number of carboxylic acid groups (broad SMARTS) is 1. The maximum atomic E-state index is 11.9. The second kappa shape index (κ2) is 6.80. The van der Waals surface area contributed by atoms with E-state index in [1.54, 1.807) is 11.3 Å². The maximum absolute atomic E-state index is 11.9. The summed E-state index contributed by atoms with van der Waals surface area (Å²) in [6, 6.07) is 13.7. The third kappa shape index (κ3) is 3.88. The fourth-order valence-corrected chi connectivity index (χ4v) is 3.80. The Kier molecular flexibility index (Phi) is 4.59. The smallest absolute Gasteiger partial charge is 0.234 e. The third-order valence-electron chi connectivity index (χ3n) is 3.01. The normalized spacial score (nSPS) is 10.6. The van der Waals surface area contributed by atoms with Crippen molar-refractivity contribution < 1.29 is 14.7 Å². The molecule has 0 saturated carbocycles. The molecule has 0 spiro atoms. The van der Waals surface area contributed by atoms with Crippen LogP contribution in [0, 0.1) is 0 Å². The lowest BCUT2D eigenvalue weighted by Gasteiger charge is -2.06. The number of aromatic nitrogens is 1. The van der Waals surface area contributed by atoms with E-state index in [2.05, 4.69) is 10.3 Å². The molecule has 0 fully saturated rings. The fraction of sp³-hybridized carbons (Fsp3) is 0.0625. The molecule has 3 aromatic rings. The number of para-hydroxylation sites is 1. The van der Waals surface area contributed by atoms with Crippen molar-refractivity contribution in [2.45, 2.75) is 4.34 Å². The predicted molar refractivity (Wildman–Crippen MR) is 89.7 cm³/mol. The summed E-state index contributed by atoms with van der Waals surface area (Å²) in [5.41, 5.74) is 1.55. The van der Waals surface area contributed by atoms with E-state index in [1.807, 2.05) is 24.3 Å². The van der Waals surface area contributed by atoms with E-state index >= 15 is 0 Å². The summed E-state index contributed by atoms with van der Waals surface area (Å²) in [4.78, 5) is 27.0. The monoisotopic (exact) mass is 343 g/mol. The molecule has 1 heterocycles. The zero-order valence-electron chi connectivity index (χ0n) is 11.8. The van der Waals surface area contributed by atoms with E-state index < -0.39 is 5.97 Å². The second-order valence-electron chi connectivity index (χ2n) is 4.65. The molecule has 7 heteroatoms. The van der Waals surface area contributed by atoms with E-state index in [0.29, 0.717) is 5.69 Å². The lowest BCUT2D eigenvalue weighted by molar-refractivity contribution is -0.255. The average Bonchev–Trinajstić information content (AvgIpc) is 2.96. The van der Waals surface area contributed by atoms with Gasteiger partial charge < -0.3 is 15.2 Å². The van der Waals surface area contributed by atoms with Crippen LogP contribution in [-0.2, 0) is 4.79 Å². The highest BCUT2D eigenvalue weighted by Crippen LogP contribution is 2.29. The van der Waals surface area contributed by atoms with Gasteiger partial charge in [-0.1, -0.05) is 36.0 Å². The fourth-order valence-electron chi connectivity index (χ4n) is 1.93. The first-order valence-electron chi connectivity index (χ1n) is 6.71. The highest BCUT2D eigenvalue weighted by molar-refractivity contribution is 8.01. The van der Waals surface area contributed by atoms with Crippen molar-refractivity contribution in [1.82, 2.24) is 4.98 Å². The Labute approximate surface area is 140 Å². The topological polar surface area (TPSA) is 82.1 Å². The van der Waals surface area contributed by atoms with Crippen LogP contribution in [0.1, 0.15) is 10.4 Å². The molecule has 23 heavy (non-hydrogen) atoms. The molecule has 0 aliphatic heterocycles. The standard InChI is InChI=1S/C16H12N2O3S2/c19-14(17-11-7-5-10(6-8-11)15(20)21)9-22-16-18-12-3-1-2-4-13(12)23-16/h1-8H,9H2,(H,17,19)(H,20,21)/p-1. The SMILES string of the molecule is O=C(CSc1nc2ccccc2s1)Nc1ccc(C(=O)[O-])cc1. The molecule has 0 radical (unpaired) electrons.